The summed E-state index contributed by atoms with van der Waals surface area (Å²) in [5.74, 6) is -0.252. The van der Waals surface area contributed by atoms with Gasteiger partial charge in [-0.1, -0.05) is 17.7 Å². The number of carbonyl (C=O) groups excluding carboxylic acids is 1. The summed E-state index contributed by atoms with van der Waals surface area (Å²) in [6.07, 6.45) is 4.43. The monoisotopic (exact) mass is 491 g/mol. The van der Waals surface area contributed by atoms with Gasteiger partial charge in [-0.25, -0.2) is 18.4 Å². The molecule has 1 aliphatic carbocycles. The van der Waals surface area contributed by atoms with Crippen molar-refractivity contribution in [2.24, 2.45) is 0 Å². The second kappa shape index (κ2) is 8.42. The Balaban J connectivity index is 1.49. The molecule has 0 atom stereocenters. The standard InChI is InChI=1S/C21H22ClN5O3S2/c1-12-8-13(16-9-23-10-18(22)24-16)4-7-15(12)25-19(28)21(2,3)17-11-31-20(26-17)27-32(29,30)14-5-6-14/h4,7-11,14H,5-6H2,1-3H3,(H,25,28)(H,26,27). The molecule has 2 N–H and O–H groups in total. The van der Waals surface area contributed by atoms with E-state index in [2.05, 4.69) is 25.0 Å². The third kappa shape index (κ3) is 4.77. The highest BCUT2D eigenvalue weighted by molar-refractivity contribution is 7.93. The lowest BCUT2D eigenvalue weighted by molar-refractivity contribution is -0.120. The summed E-state index contributed by atoms with van der Waals surface area (Å²) in [5.41, 5.74) is 2.51. The van der Waals surface area contributed by atoms with Gasteiger partial charge in [0.05, 0.1) is 34.4 Å². The van der Waals surface area contributed by atoms with Gasteiger partial charge < -0.3 is 5.32 Å². The number of sulfonamides is 1. The third-order valence-electron chi connectivity index (χ3n) is 5.28. The van der Waals surface area contributed by atoms with E-state index in [1.54, 1.807) is 31.5 Å². The average molecular weight is 492 g/mol. The van der Waals surface area contributed by atoms with Gasteiger partial charge in [0.2, 0.25) is 15.9 Å². The number of nitrogens with zero attached hydrogens (tertiary/aromatic N) is 3. The number of thiazole rings is 1. The van der Waals surface area contributed by atoms with Gasteiger partial charge >= 0.3 is 0 Å². The molecule has 2 heterocycles. The van der Waals surface area contributed by atoms with E-state index in [0.29, 0.717) is 35.1 Å². The number of benzene rings is 1. The van der Waals surface area contributed by atoms with Crippen molar-refractivity contribution in [2.45, 2.75) is 44.3 Å². The zero-order valence-corrected chi connectivity index (χ0v) is 20.1. The fourth-order valence-electron chi connectivity index (χ4n) is 3.03. The van der Waals surface area contributed by atoms with Crippen LogP contribution in [0.2, 0.25) is 5.15 Å². The SMILES string of the molecule is Cc1cc(-c2cncc(Cl)n2)ccc1NC(=O)C(C)(C)c1csc(NS(=O)(=O)C2CC2)n1. The maximum atomic E-state index is 13.1. The van der Waals surface area contributed by atoms with Crippen LogP contribution in [0.3, 0.4) is 0 Å². The number of rotatable bonds is 7. The van der Waals surface area contributed by atoms with E-state index in [-0.39, 0.29) is 16.3 Å². The number of nitrogens with one attached hydrogen (secondary N) is 2. The average Bonchev–Trinajstić information content (AvgIpc) is 3.50. The number of halogens is 1. The molecule has 0 aliphatic heterocycles. The van der Waals surface area contributed by atoms with Crippen LogP contribution >= 0.6 is 22.9 Å². The Morgan fingerprint density at radius 2 is 1.97 bits per heavy atom. The van der Waals surface area contributed by atoms with E-state index < -0.39 is 15.4 Å². The van der Waals surface area contributed by atoms with Crippen molar-refractivity contribution >= 4 is 49.7 Å². The van der Waals surface area contributed by atoms with Crippen LogP contribution in [0.25, 0.3) is 11.3 Å². The maximum Gasteiger partial charge on any atom is 0.237 e. The van der Waals surface area contributed by atoms with Crippen LogP contribution in [0, 0.1) is 6.92 Å². The van der Waals surface area contributed by atoms with E-state index in [9.17, 15) is 13.2 Å². The Kier molecular flexibility index (Phi) is 5.95. The molecule has 0 bridgehead atoms. The molecule has 32 heavy (non-hydrogen) atoms. The first kappa shape index (κ1) is 22.6. The summed E-state index contributed by atoms with van der Waals surface area (Å²) in [6.45, 7) is 5.39. The molecule has 1 saturated carbocycles. The van der Waals surface area contributed by atoms with Crippen molar-refractivity contribution in [1.82, 2.24) is 15.0 Å². The normalized spacial score (nSPS) is 14.2. The summed E-state index contributed by atoms with van der Waals surface area (Å²) in [7, 11) is -3.40. The smallest absolute Gasteiger partial charge is 0.237 e. The molecule has 4 rings (SSSR count). The van der Waals surface area contributed by atoms with Crippen molar-refractivity contribution in [2.75, 3.05) is 10.0 Å². The van der Waals surface area contributed by atoms with E-state index in [0.717, 1.165) is 11.1 Å². The van der Waals surface area contributed by atoms with Crippen molar-refractivity contribution < 1.29 is 13.2 Å². The number of hydrogen-bond donors (Lipinski definition) is 2. The van der Waals surface area contributed by atoms with Gasteiger partial charge in [0.15, 0.2) is 5.13 Å². The Bertz CT molecular complexity index is 1290. The molecule has 1 aliphatic rings. The van der Waals surface area contributed by atoms with Crippen molar-refractivity contribution in [3.05, 3.63) is 52.4 Å². The van der Waals surface area contributed by atoms with Gasteiger partial charge in [0, 0.05) is 16.6 Å². The molecule has 0 unspecified atom stereocenters. The fourth-order valence-corrected chi connectivity index (χ4v) is 5.65. The summed E-state index contributed by atoms with van der Waals surface area (Å²) >= 11 is 7.10. The van der Waals surface area contributed by atoms with Crippen LogP contribution in [0.5, 0.6) is 0 Å². The maximum absolute atomic E-state index is 13.1. The molecule has 0 saturated heterocycles. The Hall–Kier alpha value is -2.56. The lowest BCUT2D eigenvalue weighted by atomic mass is 9.88. The van der Waals surface area contributed by atoms with Crippen LogP contribution in [-0.4, -0.2) is 34.5 Å². The summed E-state index contributed by atoms with van der Waals surface area (Å²) in [6, 6.07) is 5.54. The van der Waals surface area contributed by atoms with Crippen LogP contribution in [-0.2, 0) is 20.2 Å². The lowest BCUT2D eigenvalue weighted by Crippen LogP contribution is -2.35. The van der Waals surface area contributed by atoms with Crippen molar-refractivity contribution in [1.29, 1.82) is 0 Å². The van der Waals surface area contributed by atoms with Crippen LogP contribution in [0.1, 0.15) is 37.9 Å². The molecule has 1 fully saturated rings. The van der Waals surface area contributed by atoms with Gasteiger partial charge in [-0.2, -0.15) is 0 Å². The summed E-state index contributed by atoms with van der Waals surface area (Å²) < 4.78 is 26.8. The first-order valence-electron chi connectivity index (χ1n) is 9.94. The number of anilines is 2. The lowest BCUT2D eigenvalue weighted by Gasteiger charge is -2.22. The molecule has 0 radical (unpaired) electrons. The number of hydrogen-bond acceptors (Lipinski definition) is 7. The molecule has 1 aromatic carbocycles. The second-order valence-corrected chi connectivity index (χ2v) is 11.4. The number of amides is 1. The topological polar surface area (TPSA) is 114 Å². The largest absolute Gasteiger partial charge is 0.325 e. The Labute approximate surface area is 195 Å². The van der Waals surface area contributed by atoms with E-state index in [1.165, 1.54) is 17.5 Å². The molecule has 3 aromatic rings. The quantitative estimate of drug-likeness (QED) is 0.506. The Morgan fingerprint density at radius 3 is 2.62 bits per heavy atom. The van der Waals surface area contributed by atoms with Gasteiger partial charge in [0.25, 0.3) is 0 Å². The van der Waals surface area contributed by atoms with Gasteiger partial charge in [-0.15, -0.1) is 11.3 Å². The minimum absolute atomic E-state index is 0.252. The van der Waals surface area contributed by atoms with Crippen LogP contribution < -0.4 is 10.0 Å². The fraction of sp³-hybridized carbons (Fsp3) is 0.333. The summed E-state index contributed by atoms with van der Waals surface area (Å²) in [5, 5.41) is 4.90. The van der Waals surface area contributed by atoms with Gasteiger partial charge in [-0.05, 0) is 51.3 Å². The predicted octanol–water partition coefficient (Wildman–Crippen LogP) is 4.38. The van der Waals surface area contributed by atoms with E-state index in [1.807, 2.05) is 19.1 Å². The Morgan fingerprint density at radius 1 is 1.22 bits per heavy atom. The molecular weight excluding hydrogens is 470 g/mol. The second-order valence-electron chi connectivity index (χ2n) is 8.22. The molecule has 168 valence electrons. The van der Waals surface area contributed by atoms with Gasteiger partial charge in [-0.3, -0.25) is 14.5 Å². The minimum atomic E-state index is -3.40. The first-order chi connectivity index (χ1) is 15.1. The molecule has 2 aromatic heterocycles. The highest BCUT2D eigenvalue weighted by atomic mass is 35.5. The van der Waals surface area contributed by atoms with Crippen LogP contribution in [0.15, 0.2) is 36.0 Å². The minimum Gasteiger partial charge on any atom is -0.325 e. The first-order valence-corrected chi connectivity index (χ1v) is 12.7. The molecule has 0 spiro atoms. The number of aryl methyl sites for hydroxylation is 1. The molecule has 1 amide bonds. The zero-order chi connectivity index (χ0) is 23.1. The molecule has 8 nitrogen and oxygen atoms in total. The zero-order valence-electron chi connectivity index (χ0n) is 17.7. The van der Waals surface area contributed by atoms with Crippen molar-refractivity contribution in [3.63, 3.8) is 0 Å². The highest BCUT2D eigenvalue weighted by Gasteiger charge is 2.37. The number of aromatic nitrogens is 3. The highest BCUT2D eigenvalue weighted by Crippen LogP contribution is 2.33. The van der Waals surface area contributed by atoms with E-state index >= 15 is 0 Å². The molecular formula is C21H22ClN5O3S2. The third-order valence-corrected chi connectivity index (χ3v) is 8.18. The van der Waals surface area contributed by atoms with E-state index in [4.69, 9.17) is 11.6 Å². The van der Waals surface area contributed by atoms with Crippen LogP contribution in [0.4, 0.5) is 10.8 Å². The predicted molar refractivity (Wildman–Crippen MR) is 127 cm³/mol. The molecule has 11 heteroatoms. The van der Waals surface area contributed by atoms with Gasteiger partial charge in [0.1, 0.15) is 5.15 Å². The number of carbonyl (C=O) groups is 1. The summed E-state index contributed by atoms with van der Waals surface area (Å²) in [4.78, 5) is 25.7. The van der Waals surface area contributed by atoms with Crippen molar-refractivity contribution in [3.8, 4) is 11.3 Å².